The van der Waals surface area contributed by atoms with E-state index in [0.717, 1.165) is 15.9 Å². The van der Waals surface area contributed by atoms with Crippen molar-refractivity contribution in [3.8, 4) is 0 Å². The molecule has 0 saturated heterocycles. The van der Waals surface area contributed by atoms with E-state index in [1.807, 2.05) is 12.1 Å². The van der Waals surface area contributed by atoms with Crippen LogP contribution in [0.25, 0.3) is 5.65 Å². The van der Waals surface area contributed by atoms with Crippen LogP contribution in [0.2, 0.25) is 0 Å². The smallest absolute Gasteiger partial charge is 0.154 e. The maximum atomic E-state index is 4.44. The van der Waals surface area contributed by atoms with E-state index in [0.29, 0.717) is 5.92 Å². The highest BCUT2D eigenvalue weighted by Crippen LogP contribution is 2.15. The molecule has 0 radical (unpaired) electrons. The number of hydrogen-bond donors (Lipinski definition) is 0. The quantitative estimate of drug-likeness (QED) is 0.766. The summed E-state index contributed by atoms with van der Waals surface area (Å²) in [6, 6.07) is 3.99. The van der Waals surface area contributed by atoms with Crippen LogP contribution in [0, 0.1) is 0 Å². The summed E-state index contributed by atoms with van der Waals surface area (Å²) in [5, 5.41) is 4.44. The standard InChI is InChI=1S/C9H10BrN3/c1-6(2)7-3-4-9-11-5-8(10)13(9)12-7/h3-6H,1-2H3. The van der Waals surface area contributed by atoms with E-state index in [4.69, 9.17) is 0 Å². The minimum atomic E-state index is 0.443. The van der Waals surface area contributed by atoms with Gasteiger partial charge in [0.1, 0.15) is 4.60 Å². The lowest BCUT2D eigenvalue weighted by Crippen LogP contribution is -1.99. The molecule has 0 aliphatic heterocycles. The summed E-state index contributed by atoms with van der Waals surface area (Å²) in [6.45, 7) is 4.25. The second-order valence-electron chi connectivity index (χ2n) is 3.26. The molecule has 0 aliphatic rings. The third-order valence-corrected chi connectivity index (χ3v) is 2.47. The first-order chi connectivity index (χ1) is 6.18. The first-order valence-electron chi connectivity index (χ1n) is 4.18. The predicted octanol–water partition coefficient (Wildman–Crippen LogP) is 2.62. The van der Waals surface area contributed by atoms with Crippen LogP contribution in [-0.4, -0.2) is 14.6 Å². The van der Waals surface area contributed by atoms with Gasteiger partial charge in [0.2, 0.25) is 0 Å². The summed E-state index contributed by atoms with van der Waals surface area (Å²) < 4.78 is 2.69. The molecular formula is C9H10BrN3. The minimum absolute atomic E-state index is 0.443. The van der Waals surface area contributed by atoms with Gasteiger partial charge in [-0.25, -0.2) is 9.50 Å². The van der Waals surface area contributed by atoms with E-state index in [2.05, 4.69) is 39.9 Å². The van der Waals surface area contributed by atoms with E-state index in [1.165, 1.54) is 0 Å². The topological polar surface area (TPSA) is 30.2 Å². The number of rotatable bonds is 1. The number of halogens is 1. The zero-order valence-corrected chi connectivity index (χ0v) is 9.12. The van der Waals surface area contributed by atoms with Crippen LogP contribution in [0.3, 0.4) is 0 Å². The van der Waals surface area contributed by atoms with Crippen LogP contribution in [0.1, 0.15) is 25.5 Å². The Labute approximate surface area is 84.9 Å². The highest BCUT2D eigenvalue weighted by molar-refractivity contribution is 9.10. The van der Waals surface area contributed by atoms with Crippen molar-refractivity contribution in [2.45, 2.75) is 19.8 Å². The molecule has 0 N–H and O–H groups in total. The maximum Gasteiger partial charge on any atom is 0.154 e. The highest BCUT2D eigenvalue weighted by Gasteiger charge is 2.04. The van der Waals surface area contributed by atoms with Gasteiger partial charge in [-0.1, -0.05) is 13.8 Å². The van der Waals surface area contributed by atoms with Crippen molar-refractivity contribution in [2.24, 2.45) is 0 Å². The van der Waals surface area contributed by atoms with Gasteiger partial charge in [0, 0.05) is 0 Å². The fraction of sp³-hybridized carbons (Fsp3) is 0.333. The third kappa shape index (κ3) is 1.46. The zero-order valence-electron chi connectivity index (χ0n) is 7.53. The number of imidazole rings is 1. The summed E-state index contributed by atoms with van der Waals surface area (Å²) in [5.41, 5.74) is 1.95. The average molecular weight is 240 g/mol. The van der Waals surface area contributed by atoms with Crippen molar-refractivity contribution in [1.29, 1.82) is 0 Å². The second kappa shape index (κ2) is 3.10. The monoisotopic (exact) mass is 239 g/mol. The first-order valence-corrected chi connectivity index (χ1v) is 4.98. The van der Waals surface area contributed by atoms with Crippen LogP contribution >= 0.6 is 15.9 Å². The Hall–Kier alpha value is -0.900. The van der Waals surface area contributed by atoms with E-state index < -0.39 is 0 Å². The molecule has 0 aliphatic carbocycles. The molecule has 0 bridgehead atoms. The SMILES string of the molecule is CC(C)c1ccc2ncc(Br)n2n1. The second-order valence-corrected chi connectivity index (χ2v) is 4.08. The lowest BCUT2D eigenvalue weighted by atomic mass is 10.1. The molecule has 2 aromatic rings. The Balaban J connectivity index is 2.66. The molecule has 2 rings (SSSR count). The van der Waals surface area contributed by atoms with Crippen LogP contribution in [0.4, 0.5) is 0 Å². The van der Waals surface area contributed by atoms with E-state index in [1.54, 1.807) is 10.7 Å². The van der Waals surface area contributed by atoms with E-state index in [9.17, 15) is 0 Å². The average Bonchev–Trinajstić information content (AvgIpc) is 2.47. The zero-order chi connectivity index (χ0) is 9.42. The molecule has 0 unspecified atom stereocenters. The van der Waals surface area contributed by atoms with Gasteiger partial charge in [-0.3, -0.25) is 0 Å². The van der Waals surface area contributed by atoms with Gasteiger partial charge in [-0.2, -0.15) is 5.10 Å². The summed E-state index contributed by atoms with van der Waals surface area (Å²) in [5.74, 6) is 0.443. The summed E-state index contributed by atoms with van der Waals surface area (Å²) in [4.78, 5) is 4.17. The Kier molecular flexibility index (Phi) is 2.07. The molecule has 2 aromatic heterocycles. The molecule has 0 saturated carbocycles. The molecule has 13 heavy (non-hydrogen) atoms. The molecule has 0 spiro atoms. The largest absolute Gasteiger partial charge is 0.234 e. The normalized spacial score (nSPS) is 11.4. The van der Waals surface area contributed by atoms with Gasteiger partial charge in [0.25, 0.3) is 0 Å². The minimum Gasteiger partial charge on any atom is -0.234 e. The summed E-state index contributed by atoms with van der Waals surface area (Å²) >= 11 is 3.39. The Morgan fingerprint density at radius 1 is 1.38 bits per heavy atom. The molecule has 4 heteroatoms. The summed E-state index contributed by atoms with van der Waals surface area (Å²) in [7, 11) is 0. The Morgan fingerprint density at radius 3 is 2.85 bits per heavy atom. The maximum absolute atomic E-state index is 4.44. The number of nitrogens with zero attached hydrogens (tertiary/aromatic N) is 3. The molecular weight excluding hydrogens is 230 g/mol. The molecule has 0 amide bonds. The predicted molar refractivity (Wildman–Crippen MR) is 54.8 cm³/mol. The van der Waals surface area contributed by atoms with Crippen molar-refractivity contribution in [3.05, 3.63) is 28.6 Å². The first kappa shape index (κ1) is 8.69. The van der Waals surface area contributed by atoms with Crippen molar-refractivity contribution < 1.29 is 0 Å². The third-order valence-electron chi connectivity index (χ3n) is 1.93. The molecule has 3 nitrogen and oxygen atoms in total. The Bertz CT molecular complexity index is 433. The highest BCUT2D eigenvalue weighted by atomic mass is 79.9. The fourth-order valence-electron chi connectivity index (χ4n) is 1.17. The molecule has 2 heterocycles. The van der Waals surface area contributed by atoms with Crippen LogP contribution in [0.5, 0.6) is 0 Å². The van der Waals surface area contributed by atoms with Crippen LogP contribution < -0.4 is 0 Å². The van der Waals surface area contributed by atoms with Crippen molar-refractivity contribution in [2.75, 3.05) is 0 Å². The van der Waals surface area contributed by atoms with Gasteiger partial charge < -0.3 is 0 Å². The summed E-state index contributed by atoms with van der Waals surface area (Å²) in [6.07, 6.45) is 1.76. The van der Waals surface area contributed by atoms with Gasteiger partial charge in [-0.15, -0.1) is 0 Å². The molecule has 0 fully saturated rings. The number of hydrogen-bond acceptors (Lipinski definition) is 2. The van der Waals surface area contributed by atoms with Gasteiger partial charge >= 0.3 is 0 Å². The van der Waals surface area contributed by atoms with Gasteiger partial charge in [0.05, 0.1) is 11.9 Å². The van der Waals surface area contributed by atoms with Crippen molar-refractivity contribution in [3.63, 3.8) is 0 Å². The van der Waals surface area contributed by atoms with Gasteiger partial charge in [0.15, 0.2) is 5.65 Å². The lowest BCUT2D eigenvalue weighted by molar-refractivity contribution is 0.758. The molecule has 68 valence electrons. The molecule has 0 aromatic carbocycles. The lowest BCUT2D eigenvalue weighted by Gasteiger charge is -2.03. The number of fused-ring (bicyclic) bond motifs is 1. The van der Waals surface area contributed by atoms with Crippen molar-refractivity contribution in [1.82, 2.24) is 14.6 Å². The molecule has 0 atom stereocenters. The van der Waals surface area contributed by atoms with Gasteiger partial charge in [-0.05, 0) is 34.0 Å². The van der Waals surface area contributed by atoms with Crippen LogP contribution in [0.15, 0.2) is 22.9 Å². The Morgan fingerprint density at radius 2 is 2.15 bits per heavy atom. The number of aromatic nitrogens is 3. The van der Waals surface area contributed by atoms with E-state index >= 15 is 0 Å². The van der Waals surface area contributed by atoms with Crippen LogP contribution in [-0.2, 0) is 0 Å². The van der Waals surface area contributed by atoms with Crippen molar-refractivity contribution >= 4 is 21.6 Å². The fourth-order valence-corrected chi connectivity index (χ4v) is 1.53. The van der Waals surface area contributed by atoms with E-state index in [-0.39, 0.29) is 0 Å².